The molecule has 28 heavy (non-hydrogen) atoms. The van der Waals surface area contributed by atoms with Gasteiger partial charge in [-0.05, 0) is 37.3 Å². The molecule has 0 aliphatic carbocycles. The molecule has 142 valence electrons. The number of para-hydroxylation sites is 1. The molecule has 1 aliphatic heterocycles. The van der Waals surface area contributed by atoms with Crippen molar-refractivity contribution in [2.75, 3.05) is 18.4 Å². The van der Waals surface area contributed by atoms with Gasteiger partial charge in [0.15, 0.2) is 5.78 Å². The van der Waals surface area contributed by atoms with Gasteiger partial charge in [0, 0.05) is 48.2 Å². The van der Waals surface area contributed by atoms with E-state index in [1.54, 1.807) is 19.3 Å². The molecule has 1 saturated heterocycles. The highest BCUT2D eigenvalue weighted by Gasteiger charge is 2.26. The zero-order chi connectivity index (χ0) is 19.5. The molecule has 1 fully saturated rings. The minimum Gasteiger partial charge on any atom is -0.380 e. The first-order valence-corrected chi connectivity index (χ1v) is 9.62. The topological polar surface area (TPSA) is 62.3 Å². The van der Waals surface area contributed by atoms with Crippen LogP contribution in [0, 0.1) is 0 Å². The maximum absolute atomic E-state index is 13.2. The number of fused-ring (bicyclic) bond motifs is 1. The van der Waals surface area contributed by atoms with Crippen molar-refractivity contribution in [1.82, 2.24) is 9.88 Å². The van der Waals surface area contributed by atoms with E-state index in [1.165, 1.54) is 0 Å². The largest absolute Gasteiger partial charge is 0.380 e. The van der Waals surface area contributed by atoms with Crippen LogP contribution >= 0.6 is 0 Å². The Morgan fingerprint density at radius 3 is 2.68 bits per heavy atom. The van der Waals surface area contributed by atoms with Gasteiger partial charge in [-0.3, -0.25) is 14.6 Å². The number of carbonyl (C=O) groups excluding carboxylic acids is 2. The minimum atomic E-state index is 0.00986. The van der Waals surface area contributed by atoms with Crippen LogP contribution < -0.4 is 5.32 Å². The van der Waals surface area contributed by atoms with Gasteiger partial charge in [-0.1, -0.05) is 36.4 Å². The summed E-state index contributed by atoms with van der Waals surface area (Å²) < 4.78 is 0. The fraction of sp³-hybridized carbons (Fsp3) is 0.261. The van der Waals surface area contributed by atoms with Crippen molar-refractivity contribution in [3.63, 3.8) is 0 Å². The van der Waals surface area contributed by atoms with Crippen molar-refractivity contribution in [2.24, 2.45) is 0 Å². The van der Waals surface area contributed by atoms with Crippen LogP contribution in [0.1, 0.15) is 40.5 Å². The Kier molecular flexibility index (Phi) is 5.06. The average molecular weight is 373 g/mol. The number of piperidine rings is 1. The second-order valence-corrected chi connectivity index (χ2v) is 7.24. The van der Waals surface area contributed by atoms with Crippen LogP contribution in [0.4, 0.5) is 5.69 Å². The number of rotatable bonds is 4. The molecule has 2 heterocycles. The molecule has 4 rings (SSSR count). The molecule has 0 radical (unpaired) electrons. The number of benzene rings is 2. The maximum Gasteiger partial charge on any atom is 0.256 e. The number of pyridine rings is 1. The predicted octanol–water partition coefficient (Wildman–Crippen LogP) is 4.15. The molecule has 0 bridgehead atoms. The van der Waals surface area contributed by atoms with Crippen LogP contribution in [0.3, 0.4) is 0 Å². The monoisotopic (exact) mass is 373 g/mol. The summed E-state index contributed by atoms with van der Waals surface area (Å²) in [6.07, 6.45) is 5.33. The number of amides is 1. The molecule has 2 aromatic carbocycles. The fourth-order valence-corrected chi connectivity index (χ4v) is 3.87. The van der Waals surface area contributed by atoms with E-state index in [4.69, 9.17) is 0 Å². The highest BCUT2D eigenvalue weighted by atomic mass is 16.2. The third-order valence-electron chi connectivity index (χ3n) is 5.27. The molecule has 1 aromatic heterocycles. The SMILES string of the molecule is CC(=O)c1ccccc1NC1CCCN(C(=O)c2cncc3ccccc23)C1. The van der Waals surface area contributed by atoms with Gasteiger partial charge in [-0.15, -0.1) is 0 Å². The van der Waals surface area contributed by atoms with E-state index in [0.29, 0.717) is 17.7 Å². The van der Waals surface area contributed by atoms with Gasteiger partial charge in [0.1, 0.15) is 0 Å². The lowest BCUT2D eigenvalue weighted by atomic mass is 10.0. The van der Waals surface area contributed by atoms with Crippen molar-refractivity contribution >= 4 is 28.2 Å². The summed E-state index contributed by atoms with van der Waals surface area (Å²) >= 11 is 0. The van der Waals surface area contributed by atoms with E-state index in [9.17, 15) is 9.59 Å². The van der Waals surface area contributed by atoms with E-state index < -0.39 is 0 Å². The number of nitrogens with one attached hydrogen (secondary N) is 1. The first kappa shape index (κ1) is 18.2. The van der Waals surface area contributed by atoms with E-state index in [1.807, 2.05) is 53.4 Å². The molecular formula is C23H23N3O2. The van der Waals surface area contributed by atoms with Gasteiger partial charge < -0.3 is 10.2 Å². The first-order valence-electron chi connectivity index (χ1n) is 9.62. The Balaban J connectivity index is 1.54. The Morgan fingerprint density at radius 2 is 1.82 bits per heavy atom. The summed E-state index contributed by atoms with van der Waals surface area (Å²) in [5.74, 6) is 0.0457. The van der Waals surface area contributed by atoms with Crippen molar-refractivity contribution in [3.05, 3.63) is 72.1 Å². The van der Waals surface area contributed by atoms with E-state index in [-0.39, 0.29) is 17.7 Å². The number of ketones is 1. The second kappa shape index (κ2) is 7.80. The molecule has 1 aliphatic rings. The van der Waals surface area contributed by atoms with Gasteiger partial charge in [0.25, 0.3) is 5.91 Å². The van der Waals surface area contributed by atoms with E-state index >= 15 is 0 Å². The quantitative estimate of drug-likeness (QED) is 0.698. The van der Waals surface area contributed by atoms with Crippen molar-refractivity contribution in [2.45, 2.75) is 25.8 Å². The van der Waals surface area contributed by atoms with Crippen LogP contribution in [0.15, 0.2) is 60.9 Å². The highest BCUT2D eigenvalue weighted by Crippen LogP contribution is 2.23. The highest BCUT2D eigenvalue weighted by molar-refractivity contribution is 6.06. The summed E-state index contributed by atoms with van der Waals surface area (Å²) in [5, 5.41) is 5.37. The van der Waals surface area contributed by atoms with E-state index in [2.05, 4.69) is 10.3 Å². The smallest absolute Gasteiger partial charge is 0.256 e. The lowest BCUT2D eigenvalue weighted by Crippen LogP contribution is -2.45. The zero-order valence-electron chi connectivity index (χ0n) is 15.9. The third kappa shape index (κ3) is 3.60. The number of anilines is 1. The lowest BCUT2D eigenvalue weighted by Gasteiger charge is -2.34. The minimum absolute atomic E-state index is 0.00986. The molecule has 5 nitrogen and oxygen atoms in total. The van der Waals surface area contributed by atoms with Crippen molar-refractivity contribution < 1.29 is 9.59 Å². The summed E-state index contributed by atoms with van der Waals surface area (Å²) in [4.78, 5) is 31.2. The van der Waals surface area contributed by atoms with Gasteiger partial charge >= 0.3 is 0 Å². The second-order valence-electron chi connectivity index (χ2n) is 7.24. The first-order chi connectivity index (χ1) is 13.6. The number of aromatic nitrogens is 1. The van der Waals surface area contributed by atoms with Gasteiger partial charge in [0.05, 0.1) is 5.56 Å². The van der Waals surface area contributed by atoms with Crippen LogP contribution in [-0.4, -0.2) is 40.7 Å². The molecule has 1 amide bonds. The Labute approximate surface area is 164 Å². The normalized spacial score (nSPS) is 16.8. The maximum atomic E-state index is 13.2. The zero-order valence-corrected chi connectivity index (χ0v) is 15.9. The number of nitrogens with zero attached hydrogens (tertiary/aromatic N) is 2. The third-order valence-corrected chi connectivity index (χ3v) is 5.27. The standard InChI is InChI=1S/C23H23N3O2/c1-16(27)19-9-4-5-11-22(19)25-18-8-6-12-26(15-18)23(28)21-14-24-13-17-7-2-3-10-20(17)21/h2-5,7,9-11,13-14,18,25H,6,8,12,15H2,1H3. The van der Waals surface area contributed by atoms with Crippen LogP contribution in [-0.2, 0) is 0 Å². The van der Waals surface area contributed by atoms with Crippen LogP contribution in [0.5, 0.6) is 0 Å². The summed E-state index contributed by atoms with van der Waals surface area (Å²) in [7, 11) is 0. The molecule has 0 saturated carbocycles. The van der Waals surface area contributed by atoms with Crippen molar-refractivity contribution in [1.29, 1.82) is 0 Å². The molecule has 1 atom stereocenters. The van der Waals surface area contributed by atoms with Crippen LogP contribution in [0.2, 0.25) is 0 Å². The summed E-state index contributed by atoms with van der Waals surface area (Å²) in [6.45, 7) is 2.91. The molecular weight excluding hydrogens is 350 g/mol. The lowest BCUT2D eigenvalue weighted by molar-refractivity contribution is 0.0716. The average Bonchev–Trinajstić information content (AvgIpc) is 2.73. The number of carbonyl (C=O) groups is 2. The Morgan fingerprint density at radius 1 is 1.04 bits per heavy atom. The van der Waals surface area contributed by atoms with Gasteiger partial charge in [-0.2, -0.15) is 0 Å². The van der Waals surface area contributed by atoms with Crippen LogP contribution in [0.25, 0.3) is 10.8 Å². The number of Topliss-reactive ketones (excluding diaryl/α,β-unsaturated/α-hetero) is 1. The van der Waals surface area contributed by atoms with Gasteiger partial charge in [0.2, 0.25) is 0 Å². The molecule has 1 unspecified atom stereocenters. The summed E-state index contributed by atoms with van der Waals surface area (Å²) in [6, 6.07) is 15.5. The van der Waals surface area contributed by atoms with Gasteiger partial charge in [-0.25, -0.2) is 0 Å². The number of hydrogen-bond acceptors (Lipinski definition) is 4. The molecule has 1 N–H and O–H groups in total. The predicted molar refractivity (Wildman–Crippen MR) is 111 cm³/mol. The van der Waals surface area contributed by atoms with Crippen molar-refractivity contribution in [3.8, 4) is 0 Å². The number of likely N-dealkylation sites (tertiary alicyclic amines) is 1. The Hall–Kier alpha value is -3.21. The van der Waals surface area contributed by atoms with E-state index in [0.717, 1.165) is 35.8 Å². The summed E-state index contributed by atoms with van der Waals surface area (Å²) in [5.41, 5.74) is 2.16. The Bertz CT molecular complexity index is 1030. The fourth-order valence-electron chi connectivity index (χ4n) is 3.87. The molecule has 3 aromatic rings. The molecule has 5 heteroatoms. The molecule has 0 spiro atoms. The number of hydrogen-bond donors (Lipinski definition) is 1.